The lowest BCUT2D eigenvalue weighted by atomic mass is 10.0. The smallest absolute Gasteiger partial charge is 0.307 e. The van der Waals surface area contributed by atoms with Crippen LogP contribution in [0.15, 0.2) is 48.5 Å². The highest BCUT2D eigenvalue weighted by molar-refractivity contribution is 7.80. The molecule has 0 saturated heterocycles. The van der Waals surface area contributed by atoms with Gasteiger partial charge in [-0.2, -0.15) is 12.6 Å². The van der Waals surface area contributed by atoms with E-state index in [4.69, 9.17) is 10.8 Å². The van der Waals surface area contributed by atoms with Gasteiger partial charge >= 0.3 is 5.97 Å². The van der Waals surface area contributed by atoms with Crippen molar-refractivity contribution in [2.75, 3.05) is 11.1 Å². The predicted octanol–water partition coefficient (Wildman–Crippen LogP) is 2.18. The molecule has 120 valence electrons. The summed E-state index contributed by atoms with van der Waals surface area (Å²) in [6, 6.07) is 14.0. The minimum Gasteiger partial charge on any atom is -0.481 e. The molecule has 6 heteroatoms. The maximum atomic E-state index is 11.7. The Labute approximate surface area is 139 Å². The molecule has 2 aromatic carbocycles. The summed E-state index contributed by atoms with van der Waals surface area (Å²) in [5.74, 6) is -0.864. The van der Waals surface area contributed by atoms with Crippen LogP contribution in [0.2, 0.25) is 0 Å². The lowest BCUT2D eigenvalue weighted by molar-refractivity contribution is -0.136. The van der Waals surface area contributed by atoms with Gasteiger partial charge in [0.25, 0.3) is 0 Å². The molecule has 0 heterocycles. The topological polar surface area (TPSA) is 92.4 Å². The number of nitrogens with one attached hydrogen (secondary N) is 1. The van der Waals surface area contributed by atoms with Crippen molar-refractivity contribution in [3.05, 3.63) is 54.1 Å². The van der Waals surface area contributed by atoms with Crippen LogP contribution < -0.4 is 11.1 Å². The van der Waals surface area contributed by atoms with Crippen LogP contribution >= 0.6 is 12.6 Å². The van der Waals surface area contributed by atoms with Gasteiger partial charge in [0.2, 0.25) is 5.91 Å². The molecule has 0 aliphatic rings. The fraction of sp³-hybridized carbons (Fsp3) is 0.176. The summed E-state index contributed by atoms with van der Waals surface area (Å²) in [4.78, 5) is 22.5. The van der Waals surface area contributed by atoms with Crippen molar-refractivity contribution >= 4 is 30.2 Å². The molecule has 2 rings (SSSR count). The number of benzene rings is 2. The molecule has 0 spiro atoms. The van der Waals surface area contributed by atoms with Crippen molar-refractivity contribution in [2.45, 2.75) is 12.5 Å². The molecule has 0 radical (unpaired) electrons. The van der Waals surface area contributed by atoms with E-state index in [2.05, 4.69) is 17.9 Å². The summed E-state index contributed by atoms with van der Waals surface area (Å²) in [6.07, 6.45) is -0.0103. The average molecular weight is 330 g/mol. The Bertz CT molecular complexity index is 701. The van der Waals surface area contributed by atoms with Crippen LogP contribution in [0.4, 0.5) is 5.69 Å². The third-order valence-corrected chi connectivity index (χ3v) is 3.69. The molecule has 1 unspecified atom stereocenters. The van der Waals surface area contributed by atoms with Crippen LogP contribution in [0.25, 0.3) is 11.1 Å². The first-order valence-corrected chi connectivity index (χ1v) is 7.71. The quantitative estimate of drug-likeness (QED) is 0.611. The Morgan fingerprint density at radius 1 is 1.13 bits per heavy atom. The van der Waals surface area contributed by atoms with Crippen LogP contribution in [0.1, 0.15) is 5.56 Å². The number of hydrogen-bond acceptors (Lipinski definition) is 4. The fourth-order valence-corrected chi connectivity index (χ4v) is 2.27. The summed E-state index contributed by atoms with van der Waals surface area (Å²) in [5, 5.41) is 11.6. The van der Waals surface area contributed by atoms with E-state index in [1.165, 1.54) is 0 Å². The SMILES string of the molecule is NC(CS)C(=O)Nc1ccc(-c2cccc(CC(=O)O)c2)cc1. The minimum atomic E-state index is -0.860. The fourth-order valence-electron chi connectivity index (χ4n) is 2.10. The van der Waals surface area contributed by atoms with E-state index >= 15 is 0 Å². The average Bonchev–Trinajstić information content (AvgIpc) is 2.54. The first-order valence-electron chi connectivity index (χ1n) is 7.08. The number of carbonyl (C=O) groups is 2. The maximum absolute atomic E-state index is 11.7. The van der Waals surface area contributed by atoms with Crippen LogP contribution in [-0.2, 0) is 16.0 Å². The Balaban J connectivity index is 2.13. The van der Waals surface area contributed by atoms with E-state index in [0.717, 1.165) is 16.7 Å². The van der Waals surface area contributed by atoms with Crippen molar-refractivity contribution < 1.29 is 14.7 Å². The number of carbonyl (C=O) groups excluding carboxylic acids is 1. The molecular weight excluding hydrogens is 312 g/mol. The number of thiol groups is 1. The molecule has 4 N–H and O–H groups in total. The molecule has 0 bridgehead atoms. The van der Waals surface area contributed by atoms with E-state index in [0.29, 0.717) is 5.69 Å². The summed E-state index contributed by atoms with van der Waals surface area (Å²) >= 11 is 3.99. The molecule has 23 heavy (non-hydrogen) atoms. The normalized spacial score (nSPS) is 11.7. The number of rotatable bonds is 6. The van der Waals surface area contributed by atoms with Crippen molar-refractivity contribution in [3.63, 3.8) is 0 Å². The number of carboxylic acid groups (broad SMARTS) is 1. The zero-order valence-electron chi connectivity index (χ0n) is 12.4. The zero-order valence-corrected chi connectivity index (χ0v) is 13.3. The molecule has 1 atom stereocenters. The summed E-state index contributed by atoms with van der Waals surface area (Å²) in [5.41, 5.74) is 8.86. The molecule has 0 saturated carbocycles. The lowest BCUT2D eigenvalue weighted by Gasteiger charge is -2.10. The molecule has 0 aromatic heterocycles. The van der Waals surface area contributed by atoms with Crippen LogP contribution in [0.5, 0.6) is 0 Å². The third-order valence-electron chi connectivity index (χ3n) is 3.30. The number of hydrogen-bond donors (Lipinski definition) is 4. The Hall–Kier alpha value is -2.31. The van der Waals surface area contributed by atoms with E-state index in [1.54, 1.807) is 18.2 Å². The minimum absolute atomic E-state index is 0.0103. The molecule has 0 aliphatic heterocycles. The first kappa shape index (κ1) is 17.1. The molecule has 5 nitrogen and oxygen atoms in total. The van der Waals surface area contributed by atoms with Gasteiger partial charge in [-0.25, -0.2) is 0 Å². The number of amides is 1. The van der Waals surface area contributed by atoms with Crippen LogP contribution in [0, 0.1) is 0 Å². The van der Waals surface area contributed by atoms with E-state index < -0.39 is 12.0 Å². The maximum Gasteiger partial charge on any atom is 0.307 e. The molecule has 0 aliphatic carbocycles. The summed E-state index contributed by atoms with van der Waals surface area (Å²) in [6.45, 7) is 0. The Morgan fingerprint density at radius 3 is 2.43 bits per heavy atom. The second-order valence-electron chi connectivity index (χ2n) is 5.13. The van der Waals surface area contributed by atoms with Crippen molar-refractivity contribution in [2.24, 2.45) is 5.73 Å². The van der Waals surface area contributed by atoms with Gasteiger partial charge in [0.05, 0.1) is 12.5 Å². The highest BCUT2D eigenvalue weighted by atomic mass is 32.1. The molecule has 1 amide bonds. The predicted molar refractivity (Wildman–Crippen MR) is 93.7 cm³/mol. The van der Waals surface area contributed by atoms with E-state index in [9.17, 15) is 9.59 Å². The van der Waals surface area contributed by atoms with Gasteiger partial charge in [0, 0.05) is 11.4 Å². The summed E-state index contributed by atoms with van der Waals surface area (Å²) < 4.78 is 0. The van der Waals surface area contributed by atoms with Crippen LogP contribution in [0.3, 0.4) is 0 Å². The molecule has 0 fully saturated rings. The van der Waals surface area contributed by atoms with Gasteiger partial charge in [-0.1, -0.05) is 36.4 Å². The largest absolute Gasteiger partial charge is 0.481 e. The Kier molecular flexibility index (Phi) is 5.78. The number of carboxylic acids is 1. The lowest BCUT2D eigenvalue weighted by Crippen LogP contribution is -2.37. The standard InChI is InChI=1S/C17H18N2O3S/c18-15(10-23)17(22)19-14-6-4-12(5-7-14)13-3-1-2-11(8-13)9-16(20)21/h1-8,15,23H,9-10,18H2,(H,19,22)(H,20,21). The highest BCUT2D eigenvalue weighted by Crippen LogP contribution is 2.22. The highest BCUT2D eigenvalue weighted by Gasteiger charge is 2.11. The van der Waals surface area contributed by atoms with Gasteiger partial charge in [-0.05, 0) is 28.8 Å². The third kappa shape index (κ3) is 4.84. The number of anilines is 1. The van der Waals surface area contributed by atoms with Crippen molar-refractivity contribution in [1.82, 2.24) is 0 Å². The zero-order chi connectivity index (χ0) is 16.8. The van der Waals surface area contributed by atoms with E-state index in [-0.39, 0.29) is 18.1 Å². The van der Waals surface area contributed by atoms with Crippen molar-refractivity contribution in [3.8, 4) is 11.1 Å². The number of aliphatic carboxylic acids is 1. The van der Waals surface area contributed by atoms with Gasteiger partial charge < -0.3 is 16.2 Å². The molecular formula is C17H18N2O3S. The number of nitrogens with two attached hydrogens (primary N) is 1. The second-order valence-corrected chi connectivity index (χ2v) is 5.49. The summed E-state index contributed by atoms with van der Waals surface area (Å²) in [7, 11) is 0. The monoisotopic (exact) mass is 330 g/mol. The van der Waals surface area contributed by atoms with Gasteiger partial charge in [0.15, 0.2) is 0 Å². The first-order chi connectivity index (χ1) is 11.0. The van der Waals surface area contributed by atoms with Crippen molar-refractivity contribution in [1.29, 1.82) is 0 Å². The molecule has 2 aromatic rings. The second kappa shape index (κ2) is 7.80. The van der Waals surface area contributed by atoms with E-state index in [1.807, 2.05) is 30.3 Å². The van der Waals surface area contributed by atoms with Gasteiger partial charge in [-0.15, -0.1) is 0 Å². The van der Waals surface area contributed by atoms with Crippen LogP contribution in [-0.4, -0.2) is 28.8 Å². The van der Waals surface area contributed by atoms with Gasteiger partial charge in [-0.3, -0.25) is 9.59 Å². The van der Waals surface area contributed by atoms with Gasteiger partial charge in [0.1, 0.15) is 0 Å². The Morgan fingerprint density at radius 2 is 1.83 bits per heavy atom.